The number of unbranched alkanes of at least 4 members (excludes halogenated alkanes) is 1. The molecule has 23 heavy (non-hydrogen) atoms. The molecule has 0 spiro atoms. The van der Waals surface area contributed by atoms with Crippen LogP contribution in [0.1, 0.15) is 24.8 Å². The van der Waals surface area contributed by atoms with E-state index in [1.165, 1.54) is 0 Å². The van der Waals surface area contributed by atoms with Crippen molar-refractivity contribution in [1.82, 2.24) is 16.0 Å². The van der Waals surface area contributed by atoms with Crippen molar-refractivity contribution in [3.8, 4) is 0 Å². The van der Waals surface area contributed by atoms with Crippen LogP contribution < -0.4 is 16.0 Å². The maximum absolute atomic E-state index is 11.5. The molecule has 1 aliphatic rings. The van der Waals surface area contributed by atoms with E-state index in [0.717, 1.165) is 12.0 Å². The van der Waals surface area contributed by atoms with Gasteiger partial charge in [0.15, 0.2) is 0 Å². The highest BCUT2D eigenvalue weighted by Crippen LogP contribution is 2.04. The molecule has 0 aliphatic carbocycles. The average molecular weight is 319 g/mol. The molecule has 0 bridgehead atoms. The molecular weight excluding hydrogens is 298 g/mol. The van der Waals surface area contributed by atoms with Crippen LogP contribution in [-0.4, -0.2) is 37.0 Å². The molecule has 7 nitrogen and oxygen atoms in total. The van der Waals surface area contributed by atoms with Crippen LogP contribution in [0, 0.1) is 0 Å². The number of nitrogens with one attached hydrogen (secondary N) is 3. The van der Waals surface area contributed by atoms with E-state index >= 15 is 0 Å². The van der Waals surface area contributed by atoms with Crippen molar-refractivity contribution >= 4 is 17.9 Å². The Hall–Kier alpha value is -2.57. The van der Waals surface area contributed by atoms with Crippen molar-refractivity contribution in [2.45, 2.75) is 31.9 Å². The summed E-state index contributed by atoms with van der Waals surface area (Å²) in [4.78, 5) is 34.2. The van der Waals surface area contributed by atoms with E-state index in [9.17, 15) is 14.4 Å². The second-order valence-corrected chi connectivity index (χ2v) is 5.32. The van der Waals surface area contributed by atoms with E-state index in [2.05, 4.69) is 16.0 Å². The van der Waals surface area contributed by atoms with Gasteiger partial charge in [-0.05, 0) is 24.8 Å². The van der Waals surface area contributed by atoms with Crippen LogP contribution in [0.2, 0.25) is 0 Å². The number of carbonyl (C=O) groups is 3. The third-order valence-corrected chi connectivity index (χ3v) is 3.48. The summed E-state index contributed by atoms with van der Waals surface area (Å²) in [6.45, 7) is 0.751. The quantitative estimate of drug-likeness (QED) is 0.645. The minimum atomic E-state index is -0.471. The fourth-order valence-electron chi connectivity index (χ4n) is 2.24. The first-order valence-electron chi connectivity index (χ1n) is 7.67. The predicted molar refractivity (Wildman–Crippen MR) is 83.4 cm³/mol. The minimum absolute atomic E-state index is 0.0458. The minimum Gasteiger partial charge on any atom is -0.445 e. The van der Waals surface area contributed by atoms with Gasteiger partial charge in [-0.15, -0.1) is 0 Å². The number of rotatable bonds is 7. The summed E-state index contributed by atoms with van der Waals surface area (Å²) in [7, 11) is 0. The second kappa shape index (κ2) is 8.77. The Kier molecular flexibility index (Phi) is 6.40. The third kappa shape index (κ3) is 5.98. The summed E-state index contributed by atoms with van der Waals surface area (Å²) in [5.41, 5.74) is 0.932. The molecule has 3 N–H and O–H groups in total. The monoisotopic (exact) mass is 319 g/mol. The molecule has 1 aliphatic heterocycles. The van der Waals surface area contributed by atoms with Gasteiger partial charge in [-0.3, -0.25) is 9.59 Å². The Morgan fingerprint density at radius 2 is 2.00 bits per heavy atom. The first-order valence-corrected chi connectivity index (χ1v) is 7.67. The summed E-state index contributed by atoms with van der Waals surface area (Å²) in [5.74, 6) is -0.322. The fourth-order valence-corrected chi connectivity index (χ4v) is 2.24. The van der Waals surface area contributed by atoms with E-state index in [4.69, 9.17) is 4.74 Å². The maximum Gasteiger partial charge on any atom is 0.407 e. The number of ether oxygens (including phenoxy) is 1. The Balaban J connectivity index is 1.54. The lowest BCUT2D eigenvalue weighted by Crippen LogP contribution is -2.56. The van der Waals surface area contributed by atoms with Crippen molar-refractivity contribution in [3.63, 3.8) is 0 Å². The molecule has 3 amide bonds. The van der Waals surface area contributed by atoms with E-state index in [0.29, 0.717) is 19.4 Å². The standard InChI is InChI=1S/C16H21N3O4/c20-14-10-18-15(21)13(19-14)8-4-5-9-17-16(22)23-11-12-6-2-1-3-7-12/h1-3,6-7,13H,4-5,8-11H2,(H,17,22)(H,18,21)(H,19,20)/t13-/m0/s1. The number of amides is 3. The normalized spacial score (nSPS) is 17.1. The number of piperazine rings is 1. The van der Waals surface area contributed by atoms with Crippen LogP contribution in [0.25, 0.3) is 0 Å². The molecule has 0 saturated carbocycles. The topological polar surface area (TPSA) is 96.5 Å². The van der Waals surface area contributed by atoms with Crippen molar-refractivity contribution in [2.75, 3.05) is 13.1 Å². The Labute approximate surface area is 134 Å². The van der Waals surface area contributed by atoms with Crippen molar-refractivity contribution < 1.29 is 19.1 Å². The van der Waals surface area contributed by atoms with Crippen molar-refractivity contribution in [3.05, 3.63) is 35.9 Å². The van der Waals surface area contributed by atoms with Gasteiger partial charge in [-0.25, -0.2) is 4.79 Å². The molecule has 1 aromatic carbocycles. The Morgan fingerprint density at radius 1 is 1.22 bits per heavy atom. The lowest BCUT2D eigenvalue weighted by Gasteiger charge is -2.22. The van der Waals surface area contributed by atoms with Crippen LogP contribution in [0.5, 0.6) is 0 Å². The SMILES string of the molecule is O=C1CNC(=O)[C@H](CCCCNC(=O)OCc2ccccc2)N1. The lowest BCUT2D eigenvalue weighted by molar-refractivity contribution is -0.133. The van der Waals surface area contributed by atoms with Gasteiger partial charge >= 0.3 is 6.09 Å². The van der Waals surface area contributed by atoms with E-state index in [1.54, 1.807) is 0 Å². The summed E-state index contributed by atoms with van der Waals surface area (Å²) in [6.07, 6.45) is 1.52. The van der Waals surface area contributed by atoms with Gasteiger partial charge in [0.25, 0.3) is 0 Å². The number of alkyl carbamates (subject to hydrolysis) is 1. The predicted octanol–water partition coefficient (Wildman–Crippen LogP) is 0.698. The third-order valence-electron chi connectivity index (χ3n) is 3.48. The zero-order valence-corrected chi connectivity index (χ0v) is 12.8. The summed E-state index contributed by atoms with van der Waals surface area (Å²) < 4.78 is 5.08. The highest BCUT2D eigenvalue weighted by Gasteiger charge is 2.24. The molecule has 124 valence electrons. The number of carbonyl (C=O) groups excluding carboxylic acids is 3. The molecule has 1 aromatic rings. The summed E-state index contributed by atoms with van der Waals surface area (Å²) in [5, 5.41) is 7.84. The molecule has 1 saturated heterocycles. The van der Waals surface area contributed by atoms with Gasteiger partial charge in [0.05, 0.1) is 6.54 Å². The zero-order chi connectivity index (χ0) is 16.5. The highest BCUT2D eigenvalue weighted by molar-refractivity contribution is 5.94. The van der Waals surface area contributed by atoms with Gasteiger partial charge in [0.1, 0.15) is 12.6 Å². The van der Waals surface area contributed by atoms with Gasteiger partial charge in [0.2, 0.25) is 11.8 Å². The average Bonchev–Trinajstić information content (AvgIpc) is 2.56. The van der Waals surface area contributed by atoms with E-state index < -0.39 is 12.1 Å². The molecule has 0 radical (unpaired) electrons. The maximum atomic E-state index is 11.5. The van der Waals surface area contributed by atoms with Gasteiger partial charge in [-0.1, -0.05) is 30.3 Å². The van der Waals surface area contributed by atoms with Crippen molar-refractivity contribution in [2.24, 2.45) is 0 Å². The molecule has 1 atom stereocenters. The number of hydrogen-bond donors (Lipinski definition) is 3. The molecule has 0 aromatic heterocycles. The van der Waals surface area contributed by atoms with Crippen LogP contribution >= 0.6 is 0 Å². The van der Waals surface area contributed by atoms with Crippen LogP contribution in [0.15, 0.2) is 30.3 Å². The molecule has 1 fully saturated rings. The van der Waals surface area contributed by atoms with Gasteiger partial charge in [0, 0.05) is 6.54 Å². The fraction of sp³-hybridized carbons (Fsp3) is 0.438. The summed E-state index contributed by atoms with van der Waals surface area (Å²) >= 11 is 0. The van der Waals surface area contributed by atoms with Gasteiger partial charge in [-0.2, -0.15) is 0 Å². The van der Waals surface area contributed by atoms with Crippen LogP contribution in [0.3, 0.4) is 0 Å². The number of benzene rings is 1. The molecule has 0 unspecified atom stereocenters. The first kappa shape index (κ1) is 16.8. The van der Waals surface area contributed by atoms with Crippen LogP contribution in [-0.2, 0) is 20.9 Å². The molecular formula is C16H21N3O4. The smallest absolute Gasteiger partial charge is 0.407 e. The molecule has 7 heteroatoms. The Bertz CT molecular complexity index is 548. The van der Waals surface area contributed by atoms with Crippen LogP contribution in [0.4, 0.5) is 4.79 Å². The largest absolute Gasteiger partial charge is 0.445 e. The van der Waals surface area contributed by atoms with Crippen molar-refractivity contribution in [1.29, 1.82) is 0 Å². The Morgan fingerprint density at radius 3 is 2.78 bits per heavy atom. The van der Waals surface area contributed by atoms with Gasteiger partial charge < -0.3 is 20.7 Å². The zero-order valence-electron chi connectivity index (χ0n) is 12.8. The number of hydrogen-bond acceptors (Lipinski definition) is 4. The van der Waals surface area contributed by atoms with E-state index in [-0.39, 0.29) is 25.0 Å². The second-order valence-electron chi connectivity index (χ2n) is 5.32. The van der Waals surface area contributed by atoms with E-state index in [1.807, 2.05) is 30.3 Å². The molecule has 2 rings (SSSR count). The summed E-state index contributed by atoms with van der Waals surface area (Å²) in [6, 6.07) is 8.97. The first-order chi connectivity index (χ1) is 11.1. The molecule has 1 heterocycles. The lowest BCUT2D eigenvalue weighted by atomic mass is 10.1. The highest BCUT2D eigenvalue weighted by atomic mass is 16.5.